The summed E-state index contributed by atoms with van der Waals surface area (Å²) < 4.78 is 0. The van der Waals surface area contributed by atoms with Gasteiger partial charge in [-0.15, -0.1) is 0 Å². The summed E-state index contributed by atoms with van der Waals surface area (Å²) in [6, 6.07) is 0. The summed E-state index contributed by atoms with van der Waals surface area (Å²) in [6.07, 6.45) is 11.5. The fraction of sp³-hybridized carbons (Fsp3) is 1.00. The number of hydrogen-bond donors (Lipinski definition) is 0. The Kier molecular flexibility index (Phi) is 43.6. The second kappa shape index (κ2) is 23.5. The minimum absolute atomic E-state index is 0. The first-order valence-corrected chi connectivity index (χ1v) is 4.91. The molecule has 0 aromatic heterocycles. The molecule has 0 nitrogen and oxygen atoms in total. The van der Waals surface area contributed by atoms with E-state index in [-0.39, 0.29) is 57.0 Å². The molecule has 3 heteroatoms. The summed E-state index contributed by atoms with van der Waals surface area (Å²) in [5.74, 6) is 0. The van der Waals surface area contributed by atoms with Crippen molar-refractivity contribution in [1.29, 1.82) is 0 Å². The Hall–Kier alpha value is 1.73. The van der Waals surface area contributed by atoms with Gasteiger partial charge in [0.1, 0.15) is 0 Å². The molecule has 0 rings (SSSR count). The van der Waals surface area contributed by atoms with Crippen molar-refractivity contribution in [3.05, 3.63) is 0 Å². The van der Waals surface area contributed by atoms with E-state index in [1.807, 2.05) is 0 Å². The molecule has 0 saturated carbocycles. The van der Waals surface area contributed by atoms with Crippen molar-refractivity contribution in [3.63, 3.8) is 0 Å². The van der Waals surface area contributed by atoms with E-state index >= 15 is 0 Å². The van der Waals surface area contributed by atoms with Crippen LogP contribution in [0.3, 0.4) is 0 Å². The topological polar surface area (TPSA) is 0 Å². The van der Waals surface area contributed by atoms with Crippen LogP contribution in [0.1, 0.15) is 65.2 Å². The van der Waals surface area contributed by atoms with E-state index in [0.29, 0.717) is 0 Å². The standard InChI is InChI=1S/C10H22.2BrH.Mg/c1-3-5-7-9-10-8-6-4-2;;;/h3-10H2,1-2H3;2*1H;/q;;;+2/p-2. The summed E-state index contributed by atoms with van der Waals surface area (Å²) in [6.45, 7) is 4.54. The van der Waals surface area contributed by atoms with Crippen LogP contribution in [0.5, 0.6) is 0 Å². The molecule has 0 heterocycles. The number of halogens is 2. The van der Waals surface area contributed by atoms with E-state index in [9.17, 15) is 0 Å². The molecule has 0 aliphatic carbocycles. The fourth-order valence-electron chi connectivity index (χ4n) is 1.21. The van der Waals surface area contributed by atoms with Crippen molar-refractivity contribution in [2.24, 2.45) is 0 Å². The molecule has 0 spiro atoms. The Morgan fingerprint density at radius 2 is 0.769 bits per heavy atom. The molecular weight excluding hydrogens is 304 g/mol. The van der Waals surface area contributed by atoms with Crippen molar-refractivity contribution in [2.75, 3.05) is 0 Å². The molecule has 0 bridgehead atoms. The molecule has 0 aliphatic rings. The van der Waals surface area contributed by atoms with Gasteiger partial charge in [-0.1, -0.05) is 65.2 Å². The molecule has 78 valence electrons. The third-order valence-corrected chi connectivity index (χ3v) is 1.96. The Labute approximate surface area is 121 Å². The van der Waals surface area contributed by atoms with Crippen molar-refractivity contribution >= 4 is 23.1 Å². The van der Waals surface area contributed by atoms with Crippen LogP contribution >= 0.6 is 0 Å². The Balaban J connectivity index is -0.000000135. The van der Waals surface area contributed by atoms with Crippen LogP contribution in [0.25, 0.3) is 0 Å². The van der Waals surface area contributed by atoms with Gasteiger partial charge in [0.15, 0.2) is 0 Å². The van der Waals surface area contributed by atoms with Gasteiger partial charge in [0, 0.05) is 0 Å². The zero-order valence-electron chi connectivity index (χ0n) is 9.12. The predicted molar refractivity (Wildman–Crippen MR) is 54.0 cm³/mol. The van der Waals surface area contributed by atoms with Crippen molar-refractivity contribution < 1.29 is 34.0 Å². The van der Waals surface area contributed by atoms with Gasteiger partial charge in [-0.2, -0.15) is 0 Å². The third-order valence-electron chi connectivity index (χ3n) is 1.96. The molecule has 13 heavy (non-hydrogen) atoms. The maximum atomic E-state index is 2.27. The van der Waals surface area contributed by atoms with Crippen molar-refractivity contribution in [3.8, 4) is 0 Å². The molecule has 0 saturated heterocycles. The second-order valence-corrected chi connectivity index (χ2v) is 3.12. The fourth-order valence-corrected chi connectivity index (χ4v) is 1.21. The summed E-state index contributed by atoms with van der Waals surface area (Å²) in [7, 11) is 0. The van der Waals surface area contributed by atoms with Gasteiger partial charge in [-0.25, -0.2) is 0 Å². The van der Waals surface area contributed by atoms with Gasteiger partial charge < -0.3 is 34.0 Å². The van der Waals surface area contributed by atoms with Crippen LogP contribution in [0.4, 0.5) is 0 Å². The summed E-state index contributed by atoms with van der Waals surface area (Å²) >= 11 is 0. The van der Waals surface area contributed by atoms with Crippen LogP contribution in [-0.4, -0.2) is 23.1 Å². The first kappa shape index (κ1) is 24.1. The van der Waals surface area contributed by atoms with E-state index in [2.05, 4.69) is 13.8 Å². The van der Waals surface area contributed by atoms with Crippen LogP contribution in [0, 0.1) is 0 Å². The minimum atomic E-state index is 0. The van der Waals surface area contributed by atoms with Gasteiger partial charge in [0.05, 0.1) is 0 Å². The second-order valence-electron chi connectivity index (χ2n) is 3.12. The maximum absolute atomic E-state index is 2.27. The Bertz CT molecular complexity index is 52.9. The van der Waals surface area contributed by atoms with E-state index in [1.165, 1.54) is 51.4 Å². The van der Waals surface area contributed by atoms with E-state index in [4.69, 9.17) is 0 Å². The average molecular weight is 326 g/mol. The van der Waals surface area contributed by atoms with Crippen LogP contribution < -0.4 is 34.0 Å². The first-order valence-electron chi connectivity index (χ1n) is 4.91. The summed E-state index contributed by atoms with van der Waals surface area (Å²) in [5, 5.41) is 0. The zero-order chi connectivity index (χ0) is 7.66. The molecule has 0 atom stereocenters. The quantitative estimate of drug-likeness (QED) is 0.367. The SMILES string of the molecule is CCCCCCCCCC.[Br-].[Br-].[Mg+2]. The molecule has 0 amide bonds. The average Bonchev–Trinajstić information content (AvgIpc) is 1.97. The van der Waals surface area contributed by atoms with E-state index in [1.54, 1.807) is 0 Å². The van der Waals surface area contributed by atoms with Crippen LogP contribution in [-0.2, 0) is 0 Å². The third kappa shape index (κ3) is 24.8. The summed E-state index contributed by atoms with van der Waals surface area (Å²) in [4.78, 5) is 0. The zero-order valence-corrected chi connectivity index (χ0v) is 13.7. The van der Waals surface area contributed by atoms with Crippen LogP contribution in [0.15, 0.2) is 0 Å². The molecular formula is C10H22Br2Mg. The maximum Gasteiger partial charge on any atom is 2.00 e. The Morgan fingerprint density at radius 3 is 1.00 bits per heavy atom. The number of hydrogen-bond acceptors (Lipinski definition) is 0. The summed E-state index contributed by atoms with van der Waals surface area (Å²) in [5.41, 5.74) is 0. The predicted octanol–water partition coefficient (Wildman–Crippen LogP) is -2.23. The normalized spacial score (nSPS) is 7.85. The van der Waals surface area contributed by atoms with Gasteiger partial charge in [-0.3, -0.25) is 0 Å². The van der Waals surface area contributed by atoms with Gasteiger partial charge in [-0.05, 0) is 0 Å². The van der Waals surface area contributed by atoms with Gasteiger partial charge in [0.2, 0.25) is 0 Å². The van der Waals surface area contributed by atoms with E-state index in [0.717, 1.165) is 0 Å². The van der Waals surface area contributed by atoms with Gasteiger partial charge in [0.25, 0.3) is 0 Å². The smallest absolute Gasteiger partial charge is 1.00 e. The first-order chi connectivity index (χ1) is 4.91. The number of rotatable bonds is 7. The van der Waals surface area contributed by atoms with Crippen molar-refractivity contribution in [1.82, 2.24) is 0 Å². The molecule has 0 fully saturated rings. The van der Waals surface area contributed by atoms with E-state index < -0.39 is 0 Å². The van der Waals surface area contributed by atoms with Gasteiger partial charge >= 0.3 is 23.1 Å². The minimum Gasteiger partial charge on any atom is -1.00 e. The largest absolute Gasteiger partial charge is 2.00 e. The molecule has 0 N–H and O–H groups in total. The monoisotopic (exact) mass is 324 g/mol. The molecule has 0 aromatic rings. The van der Waals surface area contributed by atoms with Crippen LogP contribution in [0.2, 0.25) is 0 Å². The molecule has 0 unspecified atom stereocenters. The number of unbranched alkanes of at least 4 members (excludes halogenated alkanes) is 7. The molecule has 0 aliphatic heterocycles. The van der Waals surface area contributed by atoms with Crippen molar-refractivity contribution in [2.45, 2.75) is 65.2 Å². The molecule has 0 radical (unpaired) electrons. The molecule has 0 aromatic carbocycles. The Morgan fingerprint density at radius 1 is 0.538 bits per heavy atom.